The zero-order chi connectivity index (χ0) is 22.0. The van der Waals surface area contributed by atoms with Gasteiger partial charge < -0.3 is 14.9 Å². The van der Waals surface area contributed by atoms with Crippen LogP contribution in [0.5, 0.6) is 17.2 Å². The van der Waals surface area contributed by atoms with Crippen LogP contribution < -0.4 is 4.74 Å². The molecule has 0 saturated heterocycles. The molecule has 7 heteroatoms. The molecule has 0 atom stereocenters. The molecule has 3 aromatic carbocycles. The van der Waals surface area contributed by atoms with Gasteiger partial charge in [-0.25, -0.2) is 4.98 Å². The first-order valence-electron chi connectivity index (χ1n) is 9.25. The average Bonchev–Trinajstić information content (AvgIpc) is 2.73. The molecule has 1 aromatic heterocycles. The molecule has 4 rings (SSSR count). The van der Waals surface area contributed by atoms with Gasteiger partial charge in [0.1, 0.15) is 17.2 Å². The number of aromatic hydroxyl groups is 2. The third-order valence-corrected chi connectivity index (χ3v) is 4.57. The molecule has 0 spiro atoms. The zero-order valence-electron chi connectivity index (χ0n) is 16.0. The molecule has 0 aliphatic heterocycles. The number of benzene rings is 3. The lowest BCUT2D eigenvalue weighted by Gasteiger charge is -2.15. The summed E-state index contributed by atoms with van der Waals surface area (Å²) < 4.78 is 43.0. The fourth-order valence-corrected chi connectivity index (χ4v) is 3.25. The van der Waals surface area contributed by atoms with Crippen LogP contribution in [0, 0.1) is 0 Å². The number of phenolic OH excluding ortho intramolecular Hbond substituents is 2. The number of aromatic nitrogens is 1. The van der Waals surface area contributed by atoms with Gasteiger partial charge in [0.2, 0.25) is 0 Å². The van der Waals surface area contributed by atoms with E-state index in [9.17, 15) is 23.4 Å². The Hall–Kier alpha value is -4.00. The van der Waals surface area contributed by atoms with E-state index < -0.39 is 6.36 Å². The molecule has 0 unspecified atom stereocenters. The molecular formula is C24H16F3NO3. The Morgan fingerprint density at radius 1 is 0.677 bits per heavy atom. The van der Waals surface area contributed by atoms with Crippen LogP contribution >= 0.6 is 0 Å². The summed E-state index contributed by atoms with van der Waals surface area (Å²) >= 11 is 0. The molecule has 0 saturated carbocycles. The quantitative estimate of drug-likeness (QED) is 0.399. The van der Waals surface area contributed by atoms with Gasteiger partial charge in [-0.1, -0.05) is 42.5 Å². The van der Waals surface area contributed by atoms with Gasteiger partial charge in [-0.2, -0.15) is 0 Å². The van der Waals surface area contributed by atoms with E-state index in [1.165, 1.54) is 36.4 Å². The van der Waals surface area contributed by atoms with Crippen LogP contribution in [0.25, 0.3) is 33.6 Å². The molecule has 0 radical (unpaired) electrons. The summed E-state index contributed by atoms with van der Waals surface area (Å²) in [7, 11) is 0. The third-order valence-electron chi connectivity index (χ3n) is 4.57. The van der Waals surface area contributed by atoms with Gasteiger partial charge >= 0.3 is 6.36 Å². The third kappa shape index (κ3) is 4.61. The number of rotatable bonds is 4. The number of nitrogens with zero attached hydrogens (tertiary/aromatic N) is 1. The van der Waals surface area contributed by atoms with E-state index in [1.807, 2.05) is 0 Å². The maximum Gasteiger partial charge on any atom is 0.573 e. The minimum Gasteiger partial charge on any atom is -0.508 e. The second kappa shape index (κ2) is 8.02. The molecular weight excluding hydrogens is 407 g/mol. The van der Waals surface area contributed by atoms with Crippen molar-refractivity contribution in [3.8, 4) is 50.9 Å². The number of para-hydroxylation sites is 2. The van der Waals surface area contributed by atoms with E-state index in [4.69, 9.17) is 0 Å². The number of ether oxygens (including phenoxy) is 1. The number of pyridine rings is 1. The predicted octanol–water partition coefficient (Wildman–Crippen LogP) is 6.39. The van der Waals surface area contributed by atoms with Crippen molar-refractivity contribution >= 4 is 0 Å². The molecule has 31 heavy (non-hydrogen) atoms. The molecule has 0 aliphatic carbocycles. The predicted molar refractivity (Wildman–Crippen MR) is 111 cm³/mol. The van der Waals surface area contributed by atoms with Crippen LogP contribution in [0.15, 0.2) is 84.9 Å². The Bertz CT molecular complexity index is 1240. The van der Waals surface area contributed by atoms with Crippen molar-refractivity contribution < 1.29 is 28.1 Å². The normalized spacial score (nSPS) is 11.3. The van der Waals surface area contributed by atoms with E-state index in [0.29, 0.717) is 28.1 Å². The molecule has 2 N–H and O–H groups in total. The highest BCUT2D eigenvalue weighted by Crippen LogP contribution is 2.38. The monoisotopic (exact) mass is 423 g/mol. The fourth-order valence-electron chi connectivity index (χ4n) is 3.25. The molecule has 1 heterocycles. The zero-order valence-corrected chi connectivity index (χ0v) is 16.0. The summed E-state index contributed by atoms with van der Waals surface area (Å²) in [6.07, 6.45) is -4.85. The molecule has 0 bridgehead atoms. The first-order chi connectivity index (χ1) is 14.8. The number of phenols is 2. The largest absolute Gasteiger partial charge is 0.573 e. The minimum absolute atomic E-state index is 0.0196. The van der Waals surface area contributed by atoms with Crippen LogP contribution in [0.3, 0.4) is 0 Å². The maximum absolute atomic E-state index is 12.9. The Balaban J connectivity index is 1.94. The Morgan fingerprint density at radius 2 is 1.35 bits per heavy atom. The van der Waals surface area contributed by atoms with Gasteiger partial charge in [0, 0.05) is 16.7 Å². The van der Waals surface area contributed by atoms with Crippen molar-refractivity contribution in [3.05, 3.63) is 84.9 Å². The second-order valence-corrected chi connectivity index (χ2v) is 6.74. The summed E-state index contributed by atoms with van der Waals surface area (Å²) in [6.45, 7) is 0. The van der Waals surface area contributed by atoms with Crippen LogP contribution in [0.2, 0.25) is 0 Å². The first kappa shape index (κ1) is 20.3. The molecule has 0 aliphatic rings. The fraction of sp³-hybridized carbons (Fsp3) is 0.0417. The molecule has 4 nitrogen and oxygen atoms in total. The number of alkyl halides is 3. The number of hydrogen-bond donors (Lipinski definition) is 2. The molecule has 4 aromatic rings. The van der Waals surface area contributed by atoms with E-state index in [1.54, 1.807) is 48.5 Å². The minimum atomic E-state index is -4.85. The Kier molecular flexibility index (Phi) is 5.25. The van der Waals surface area contributed by atoms with Gasteiger partial charge in [-0.05, 0) is 48.0 Å². The van der Waals surface area contributed by atoms with Gasteiger partial charge in [0.05, 0.1) is 11.4 Å². The lowest BCUT2D eigenvalue weighted by atomic mass is 9.99. The van der Waals surface area contributed by atoms with Crippen molar-refractivity contribution in [1.82, 2.24) is 4.98 Å². The summed E-state index contributed by atoms with van der Waals surface area (Å²) in [4.78, 5) is 4.57. The number of halogens is 3. The summed E-state index contributed by atoms with van der Waals surface area (Å²) in [5.74, 6) is -0.352. The van der Waals surface area contributed by atoms with Crippen LogP contribution in [0.4, 0.5) is 13.2 Å². The van der Waals surface area contributed by atoms with Crippen LogP contribution in [0.1, 0.15) is 0 Å². The Labute approximate surface area is 175 Å². The van der Waals surface area contributed by atoms with Gasteiger partial charge in [-0.3, -0.25) is 0 Å². The summed E-state index contributed by atoms with van der Waals surface area (Å²) in [5.41, 5.74) is 2.36. The first-order valence-corrected chi connectivity index (χ1v) is 9.25. The standard InChI is InChI=1S/C24H16F3NO3/c25-24(26,27)31-23-11-4-2-8-18(23)16-13-20(15-6-5-7-17(29)12-15)28-21(14-16)19-9-1-3-10-22(19)30/h1-14,29-30H. The van der Waals surface area contributed by atoms with Crippen molar-refractivity contribution in [3.63, 3.8) is 0 Å². The maximum atomic E-state index is 12.9. The van der Waals surface area contributed by atoms with Crippen molar-refractivity contribution in [2.24, 2.45) is 0 Å². The van der Waals surface area contributed by atoms with Crippen molar-refractivity contribution in [2.45, 2.75) is 6.36 Å². The molecule has 156 valence electrons. The van der Waals surface area contributed by atoms with E-state index >= 15 is 0 Å². The molecule has 0 fully saturated rings. The van der Waals surface area contributed by atoms with Crippen LogP contribution in [-0.4, -0.2) is 21.6 Å². The van der Waals surface area contributed by atoms with Gasteiger partial charge in [0.15, 0.2) is 0 Å². The van der Waals surface area contributed by atoms with E-state index in [2.05, 4.69) is 9.72 Å². The van der Waals surface area contributed by atoms with Crippen molar-refractivity contribution in [2.75, 3.05) is 0 Å². The second-order valence-electron chi connectivity index (χ2n) is 6.74. The average molecular weight is 423 g/mol. The van der Waals surface area contributed by atoms with E-state index in [0.717, 1.165) is 0 Å². The lowest BCUT2D eigenvalue weighted by Crippen LogP contribution is -2.17. The number of hydrogen-bond acceptors (Lipinski definition) is 4. The highest BCUT2D eigenvalue weighted by atomic mass is 19.4. The smallest absolute Gasteiger partial charge is 0.508 e. The summed E-state index contributed by atoms with van der Waals surface area (Å²) in [5, 5.41) is 20.1. The summed E-state index contributed by atoms with van der Waals surface area (Å²) in [6, 6.07) is 21.9. The highest BCUT2D eigenvalue weighted by Gasteiger charge is 2.32. The van der Waals surface area contributed by atoms with E-state index in [-0.39, 0.29) is 22.8 Å². The SMILES string of the molecule is Oc1cccc(-c2cc(-c3ccccc3OC(F)(F)F)cc(-c3ccccc3O)n2)c1. The van der Waals surface area contributed by atoms with Gasteiger partial charge in [0.25, 0.3) is 0 Å². The highest BCUT2D eigenvalue weighted by molar-refractivity contribution is 5.80. The van der Waals surface area contributed by atoms with Crippen molar-refractivity contribution in [1.29, 1.82) is 0 Å². The Morgan fingerprint density at radius 3 is 2.06 bits per heavy atom. The molecule has 0 amide bonds. The van der Waals surface area contributed by atoms with Gasteiger partial charge in [-0.15, -0.1) is 13.2 Å². The lowest BCUT2D eigenvalue weighted by molar-refractivity contribution is -0.274. The van der Waals surface area contributed by atoms with Crippen LogP contribution in [-0.2, 0) is 0 Å². The topological polar surface area (TPSA) is 62.6 Å².